The summed E-state index contributed by atoms with van der Waals surface area (Å²) in [6.07, 6.45) is 8.55. The summed E-state index contributed by atoms with van der Waals surface area (Å²) in [5.74, 6) is 3.38. The quantitative estimate of drug-likeness (QED) is 0.720. The first-order chi connectivity index (χ1) is 8.56. The van der Waals surface area contributed by atoms with Crippen LogP contribution in [0.15, 0.2) is 0 Å². The molecule has 0 aromatic rings. The predicted molar refractivity (Wildman–Crippen MR) is 81.2 cm³/mol. The fourth-order valence-corrected chi connectivity index (χ4v) is 4.02. The van der Waals surface area contributed by atoms with E-state index in [1.807, 2.05) is 0 Å². The first-order valence-electron chi connectivity index (χ1n) is 7.79. The third-order valence-corrected chi connectivity index (χ3v) is 5.99. The number of hydrogen-bond donors (Lipinski definition) is 1. The Hall–Kier alpha value is 0.310. The van der Waals surface area contributed by atoms with Crippen molar-refractivity contribution in [3.05, 3.63) is 0 Å². The maximum atomic E-state index is 6.38. The molecule has 2 heteroatoms. The van der Waals surface area contributed by atoms with Gasteiger partial charge in [-0.2, -0.15) is 12.6 Å². The Kier molecular flexibility index (Phi) is 5.05. The summed E-state index contributed by atoms with van der Waals surface area (Å²) in [6.45, 7) is 8.05. The Morgan fingerprint density at radius 1 is 1.28 bits per heavy atom. The molecule has 0 radical (unpaired) electrons. The molecule has 106 valence electrons. The Balaban J connectivity index is 1.88. The van der Waals surface area contributed by atoms with Gasteiger partial charge in [-0.15, -0.1) is 0 Å². The van der Waals surface area contributed by atoms with Gasteiger partial charge >= 0.3 is 0 Å². The van der Waals surface area contributed by atoms with E-state index in [0.29, 0.717) is 11.5 Å². The third kappa shape index (κ3) is 3.25. The van der Waals surface area contributed by atoms with Crippen LogP contribution in [0.3, 0.4) is 0 Å². The van der Waals surface area contributed by atoms with Crippen LogP contribution in [-0.4, -0.2) is 18.5 Å². The number of hydrogen-bond acceptors (Lipinski definition) is 2. The van der Waals surface area contributed by atoms with E-state index in [0.717, 1.165) is 30.1 Å². The van der Waals surface area contributed by atoms with Crippen molar-refractivity contribution in [2.75, 3.05) is 12.4 Å². The Morgan fingerprint density at radius 2 is 2.00 bits per heavy atom. The van der Waals surface area contributed by atoms with Crippen molar-refractivity contribution in [3.63, 3.8) is 0 Å². The lowest BCUT2D eigenvalue weighted by molar-refractivity contribution is -0.0848. The van der Waals surface area contributed by atoms with Crippen molar-refractivity contribution in [1.29, 1.82) is 0 Å². The maximum Gasteiger partial charge on any atom is 0.0608 e. The van der Waals surface area contributed by atoms with Crippen molar-refractivity contribution < 1.29 is 4.74 Å². The molecule has 2 fully saturated rings. The average Bonchev–Trinajstić information content (AvgIpc) is 2.28. The van der Waals surface area contributed by atoms with E-state index in [2.05, 4.69) is 33.4 Å². The smallest absolute Gasteiger partial charge is 0.0608 e. The largest absolute Gasteiger partial charge is 0.377 e. The summed E-state index contributed by atoms with van der Waals surface area (Å²) < 4.78 is 6.38. The highest BCUT2D eigenvalue weighted by molar-refractivity contribution is 7.80. The summed E-state index contributed by atoms with van der Waals surface area (Å²) in [7, 11) is 0. The first kappa shape index (κ1) is 14.7. The summed E-state index contributed by atoms with van der Waals surface area (Å²) >= 11 is 4.53. The molecule has 0 aromatic carbocycles. The van der Waals surface area contributed by atoms with Crippen LogP contribution < -0.4 is 0 Å². The summed E-state index contributed by atoms with van der Waals surface area (Å²) in [6, 6.07) is 0. The molecule has 0 spiro atoms. The van der Waals surface area contributed by atoms with Crippen LogP contribution in [0.1, 0.15) is 59.3 Å². The van der Waals surface area contributed by atoms with E-state index in [1.54, 1.807) is 0 Å². The molecule has 2 aliphatic carbocycles. The van der Waals surface area contributed by atoms with Crippen LogP contribution in [0.2, 0.25) is 0 Å². The molecule has 0 bridgehead atoms. The molecular formula is C16H30OS. The summed E-state index contributed by atoms with van der Waals surface area (Å²) in [5, 5.41) is 0. The topological polar surface area (TPSA) is 9.23 Å². The molecule has 0 amide bonds. The predicted octanol–water partition coefficient (Wildman–Crippen LogP) is 4.56. The van der Waals surface area contributed by atoms with Crippen LogP contribution in [0.4, 0.5) is 0 Å². The van der Waals surface area contributed by atoms with Crippen LogP contribution in [0.25, 0.3) is 0 Å². The summed E-state index contributed by atoms with van der Waals surface area (Å²) in [4.78, 5) is 0. The maximum absolute atomic E-state index is 6.38. The lowest BCUT2D eigenvalue weighted by atomic mass is 9.70. The molecule has 3 unspecified atom stereocenters. The van der Waals surface area contributed by atoms with Crippen LogP contribution >= 0.6 is 12.6 Å². The molecule has 2 aliphatic rings. The first-order valence-corrected chi connectivity index (χ1v) is 8.42. The second-order valence-corrected chi connectivity index (χ2v) is 7.50. The lowest BCUT2D eigenvalue weighted by Gasteiger charge is -2.44. The van der Waals surface area contributed by atoms with Gasteiger partial charge in [0.05, 0.1) is 12.7 Å². The normalized spacial score (nSPS) is 35.5. The third-order valence-electron chi connectivity index (χ3n) is 5.31. The van der Waals surface area contributed by atoms with Gasteiger partial charge in [-0.25, -0.2) is 0 Å². The van der Waals surface area contributed by atoms with Gasteiger partial charge in [-0.05, 0) is 49.2 Å². The van der Waals surface area contributed by atoms with Crippen molar-refractivity contribution in [1.82, 2.24) is 0 Å². The second-order valence-electron chi connectivity index (χ2n) is 7.19. The second kappa shape index (κ2) is 6.17. The Morgan fingerprint density at radius 3 is 2.50 bits per heavy atom. The van der Waals surface area contributed by atoms with E-state index in [9.17, 15) is 0 Å². The van der Waals surface area contributed by atoms with Crippen molar-refractivity contribution in [3.8, 4) is 0 Å². The molecule has 2 rings (SSSR count). The van der Waals surface area contributed by atoms with Crippen molar-refractivity contribution >= 4 is 12.6 Å². The highest BCUT2D eigenvalue weighted by Gasteiger charge is 2.38. The fraction of sp³-hybridized carbons (Fsp3) is 1.00. The fourth-order valence-electron chi connectivity index (χ4n) is 3.62. The van der Waals surface area contributed by atoms with Gasteiger partial charge in [-0.1, -0.05) is 33.6 Å². The van der Waals surface area contributed by atoms with E-state index >= 15 is 0 Å². The Labute approximate surface area is 118 Å². The van der Waals surface area contributed by atoms with Gasteiger partial charge in [0.1, 0.15) is 0 Å². The minimum Gasteiger partial charge on any atom is -0.377 e. The molecule has 2 saturated carbocycles. The zero-order valence-electron chi connectivity index (χ0n) is 12.3. The highest BCUT2D eigenvalue weighted by Crippen LogP contribution is 2.43. The minimum atomic E-state index is 0.422. The van der Waals surface area contributed by atoms with E-state index in [1.165, 1.54) is 38.5 Å². The zero-order valence-corrected chi connectivity index (χ0v) is 13.2. The number of thiol groups is 1. The van der Waals surface area contributed by atoms with Crippen molar-refractivity contribution in [2.24, 2.45) is 23.2 Å². The summed E-state index contributed by atoms with van der Waals surface area (Å²) in [5.41, 5.74) is 0.422. The molecule has 0 aromatic heterocycles. The minimum absolute atomic E-state index is 0.422. The molecule has 0 N–H and O–H groups in total. The van der Waals surface area contributed by atoms with Crippen molar-refractivity contribution in [2.45, 2.75) is 65.4 Å². The molecular weight excluding hydrogens is 240 g/mol. The van der Waals surface area contributed by atoms with Crippen LogP contribution in [-0.2, 0) is 4.74 Å². The van der Waals surface area contributed by atoms with Gasteiger partial charge in [0.25, 0.3) is 0 Å². The number of rotatable bonds is 5. The number of ether oxygens (including phenoxy) is 1. The lowest BCUT2D eigenvalue weighted by Crippen LogP contribution is -2.41. The molecule has 18 heavy (non-hydrogen) atoms. The van der Waals surface area contributed by atoms with Gasteiger partial charge < -0.3 is 4.74 Å². The standard InChI is InChI=1S/C16H30OS/c1-12(2)14-6-5-13(3)9-15(14)17-10-16(11-18)7-4-8-16/h12-15,18H,4-11H2,1-3H3. The highest BCUT2D eigenvalue weighted by atomic mass is 32.1. The van der Waals surface area contributed by atoms with Crippen LogP contribution in [0, 0.1) is 23.2 Å². The van der Waals surface area contributed by atoms with Gasteiger partial charge in [0.15, 0.2) is 0 Å². The monoisotopic (exact) mass is 270 g/mol. The molecule has 1 nitrogen and oxygen atoms in total. The van der Waals surface area contributed by atoms with Gasteiger partial charge in [0, 0.05) is 5.41 Å². The Bertz CT molecular complexity index is 254. The zero-order chi connectivity index (χ0) is 13.2. The SMILES string of the molecule is CC1CCC(C(C)C)C(OCC2(CS)CCC2)C1. The van der Waals surface area contributed by atoms with E-state index in [-0.39, 0.29) is 0 Å². The average molecular weight is 270 g/mol. The molecule has 0 heterocycles. The van der Waals surface area contributed by atoms with E-state index < -0.39 is 0 Å². The molecule has 3 atom stereocenters. The molecule has 0 aliphatic heterocycles. The van der Waals surface area contributed by atoms with Gasteiger partial charge in [0.2, 0.25) is 0 Å². The van der Waals surface area contributed by atoms with Crippen LogP contribution in [0.5, 0.6) is 0 Å². The van der Waals surface area contributed by atoms with E-state index in [4.69, 9.17) is 4.74 Å². The molecule has 0 saturated heterocycles. The van der Waals surface area contributed by atoms with Gasteiger partial charge in [-0.3, -0.25) is 0 Å².